The lowest BCUT2D eigenvalue weighted by atomic mass is 10.7. The molecule has 0 N–H and O–H groups in total. The normalized spacial score (nSPS) is 9.75. The summed E-state index contributed by atoms with van der Waals surface area (Å²) in [4.78, 5) is 19.1. The Hall–Kier alpha value is -0.620. The molecule has 44 valence electrons. The van der Waals surface area contributed by atoms with Crippen molar-refractivity contribution in [1.29, 1.82) is 5.26 Å². The second kappa shape index (κ2) is 4.54. The van der Waals surface area contributed by atoms with Gasteiger partial charge in [-0.05, 0) is 0 Å². The fraction of sp³-hybridized carbons (Fsp3) is 0. The predicted octanol–water partition coefficient (Wildman–Crippen LogP) is -1.01. The Balaban J connectivity index is 3.19. The molecule has 0 bridgehead atoms. The quantitative estimate of drug-likeness (QED) is 0.273. The lowest BCUT2D eigenvalue weighted by Gasteiger charge is -2.26. The van der Waals surface area contributed by atoms with Gasteiger partial charge in [-0.25, -0.2) is 0 Å². The zero-order chi connectivity index (χ0) is 6.41. The summed E-state index contributed by atoms with van der Waals surface area (Å²) in [5, 5.41) is 7.77. The molecule has 0 radical (unpaired) electrons. The minimum atomic E-state index is -2.85. The maximum absolute atomic E-state index is 9.53. The SMILES string of the molecule is N#C/C=C\OP([O-])[O-]. The molecular weight excluding hydrogens is 129 g/mol. The molecule has 0 spiro atoms. The minimum Gasteiger partial charge on any atom is -0.810 e. The van der Waals surface area contributed by atoms with Gasteiger partial charge >= 0.3 is 0 Å². The third kappa shape index (κ3) is 5.38. The van der Waals surface area contributed by atoms with Gasteiger partial charge in [0.15, 0.2) is 0 Å². The molecule has 0 fully saturated rings. The van der Waals surface area contributed by atoms with Crippen molar-refractivity contribution in [2.24, 2.45) is 0 Å². The van der Waals surface area contributed by atoms with E-state index in [2.05, 4.69) is 4.52 Å². The molecule has 0 unspecified atom stereocenters. The van der Waals surface area contributed by atoms with Gasteiger partial charge in [-0.15, -0.1) is 0 Å². The van der Waals surface area contributed by atoms with Gasteiger partial charge in [0.25, 0.3) is 0 Å². The first-order valence-electron chi connectivity index (χ1n) is 1.63. The summed E-state index contributed by atoms with van der Waals surface area (Å²) in [6.07, 6.45) is 1.72. The van der Waals surface area contributed by atoms with Gasteiger partial charge in [-0.1, -0.05) is 8.60 Å². The molecule has 8 heavy (non-hydrogen) atoms. The van der Waals surface area contributed by atoms with Crippen LogP contribution in [0.4, 0.5) is 0 Å². The first-order chi connectivity index (χ1) is 3.77. The van der Waals surface area contributed by atoms with Crippen LogP contribution in [0.3, 0.4) is 0 Å². The Kier molecular flexibility index (Phi) is 4.19. The number of rotatable bonds is 2. The average molecular weight is 131 g/mol. The van der Waals surface area contributed by atoms with Crippen molar-refractivity contribution < 1.29 is 14.3 Å². The molecule has 0 aliphatic carbocycles. The Morgan fingerprint density at radius 3 is 2.62 bits per heavy atom. The predicted molar refractivity (Wildman–Crippen MR) is 22.8 cm³/mol. The Morgan fingerprint density at radius 1 is 1.62 bits per heavy atom. The van der Waals surface area contributed by atoms with E-state index >= 15 is 0 Å². The van der Waals surface area contributed by atoms with Crippen LogP contribution in [-0.2, 0) is 4.52 Å². The van der Waals surface area contributed by atoms with Crippen molar-refractivity contribution >= 4 is 8.60 Å². The largest absolute Gasteiger partial charge is 0.810 e. The molecule has 0 saturated heterocycles. The van der Waals surface area contributed by atoms with Crippen molar-refractivity contribution in [2.45, 2.75) is 0 Å². The molecule has 0 rings (SSSR count). The maximum Gasteiger partial charge on any atom is 0.0944 e. The van der Waals surface area contributed by atoms with Gasteiger partial charge in [0.05, 0.1) is 18.4 Å². The zero-order valence-electron chi connectivity index (χ0n) is 3.77. The summed E-state index contributed by atoms with van der Waals surface area (Å²) in [7, 11) is -2.85. The standard InChI is InChI=1S/C3H2NO3P/c4-2-1-3-7-8(5)6/h1,3H/q-2/b3-1-. The summed E-state index contributed by atoms with van der Waals surface area (Å²) in [6, 6.07) is 1.55. The number of allylic oxidation sites excluding steroid dienone is 1. The highest BCUT2D eigenvalue weighted by molar-refractivity contribution is 7.36. The molecular formula is C3H2NO3P-2. The van der Waals surface area contributed by atoms with Crippen LogP contribution in [0.15, 0.2) is 12.3 Å². The van der Waals surface area contributed by atoms with Gasteiger partial charge in [-0.3, -0.25) is 0 Å². The fourth-order valence-corrected chi connectivity index (χ4v) is 0.271. The molecule has 0 aromatic heterocycles. The third-order valence-electron chi connectivity index (χ3n) is 0.290. The molecule has 4 nitrogen and oxygen atoms in total. The second-order valence-electron chi connectivity index (χ2n) is 0.761. The third-order valence-corrected chi connectivity index (χ3v) is 0.583. The molecule has 0 aliphatic heterocycles. The van der Waals surface area contributed by atoms with E-state index in [0.717, 1.165) is 12.3 Å². The molecule has 0 aromatic rings. The highest BCUT2D eigenvalue weighted by Crippen LogP contribution is 2.11. The highest BCUT2D eigenvalue weighted by atomic mass is 31.2. The summed E-state index contributed by atoms with van der Waals surface area (Å²) >= 11 is 0. The first-order valence-corrected chi connectivity index (χ1v) is 2.72. The molecule has 0 atom stereocenters. The van der Waals surface area contributed by atoms with Gasteiger partial charge < -0.3 is 14.3 Å². The van der Waals surface area contributed by atoms with Crippen molar-refractivity contribution in [3.63, 3.8) is 0 Å². The van der Waals surface area contributed by atoms with Crippen molar-refractivity contribution in [1.82, 2.24) is 0 Å². The molecule has 0 aromatic carbocycles. The Labute approximate surface area is 47.6 Å². The van der Waals surface area contributed by atoms with Crippen LogP contribution in [0.1, 0.15) is 0 Å². The molecule has 5 heteroatoms. The second-order valence-corrected chi connectivity index (χ2v) is 1.42. The van der Waals surface area contributed by atoms with Crippen LogP contribution >= 0.6 is 8.60 Å². The van der Waals surface area contributed by atoms with Crippen LogP contribution in [-0.4, -0.2) is 0 Å². The topological polar surface area (TPSA) is 79.1 Å². The fourth-order valence-electron chi connectivity index (χ4n) is 0.111. The zero-order valence-corrected chi connectivity index (χ0v) is 4.67. The highest BCUT2D eigenvalue weighted by Gasteiger charge is 1.64. The smallest absolute Gasteiger partial charge is 0.0944 e. The summed E-state index contributed by atoms with van der Waals surface area (Å²) < 4.78 is 3.83. The van der Waals surface area contributed by atoms with Crippen LogP contribution < -0.4 is 9.79 Å². The van der Waals surface area contributed by atoms with Crippen LogP contribution in [0.5, 0.6) is 0 Å². The molecule has 0 heterocycles. The molecule has 0 saturated carbocycles. The molecule has 0 amide bonds. The lowest BCUT2D eigenvalue weighted by Crippen LogP contribution is -2.07. The Bertz CT molecular complexity index is 116. The van der Waals surface area contributed by atoms with Crippen molar-refractivity contribution in [3.05, 3.63) is 12.3 Å². The van der Waals surface area contributed by atoms with Gasteiger partial charge in [0, 0.05) is 0 Å². The van der Waals surface area contributed by atoms with E-state index in [-0.39, 0.29) is 0 Å². The minimum absolute atomic E-state index is 0.797. The monoisotopic (exact) mass is 131 g/mol. The van der Waals surface area contributed by atoms with Gasteiger partial charge in [-0.2, -0.15) is 5.26 Å². The maximum atomic E-state index is 9.53. The van der Waals surface area contributed by atoms with Gasteiger partial charge in [0.1, 0.15) is 0 Å². The van der Waals surface area contributed by atoms with E-state index in [9.17, 15) is 9.79 Å². The van der Waals surface area contributed by atoms with E-state index in [4.69, 9.17) is 5.26 Å². The molecule has 0 aliphatic rings. The number of nitriles is 1. The Morgan fingerprint density at radius 2 is 2.25 bits per heavy atom. The summed E-state index contributed by atoms with van der Waals surface area (Å²) in [5.41, 5.74) is 0. The van der Waals surface area contributed by atoms with Crippen LogP contribution in [0, 0.1) is 11.3 Å². The summed E-state index contributed by atoms with van der Waals surface area (Å²) in [6.45, 7) is 0. The average Bonchev–Trinajstić information content (AvgIpc) is 1.66. The van der Waals surface area contributed by atoms with E-state index in [1.165, 1.54) is 0 Å². The van der Waals surface area contributed by atoms with Crippen molar-refractivity contribution in [2.75, 3.05) is 0 Å². The van der Waals surface area contributed by atoms with E-state index in [0.29, 0.717) is 0 Å². The number of hydrogen-bond acceptors (Lipinski definition) is 4. The summed E-state index contributed by atoms with van der Waals surface area (Å²) in [5.74, 6) is 0. The van der Waals surface area contributed by atoms with Crippen LogP contribution in [0.2, 0.25) is 0 Å². The van der Waals surface area contributed by atoms with Crippen LogP contribution in [0.25, 0.3) is 0 Å². The first kappa shape index (κ1) is 7.38. The lowest BCUT2D eigenvalue weighted by molar-refractivity contribution is -0.314. The number of hydrogen-bond donors (Lipinski definition) is 0. The number of nitrogens with zero attached hydrogens (tertiary/aromatic N) is 1. The van der Waals surface area contributed by atoms with Crippen molar-refractivity contribution in [3.8, 4) is 6.07 Å². The van der Waals surface area contributed by atoms with E-state index < -0.39 is 8.60 Å². The van der Waals surface area contributed by atoms with Gasteiger partial charge in [0.2, 0.25) is 0 Å². The van der Waals surface area contributed by atoms with E-state index in [1.54, 1.807) is 6.07 Å². The van der Waals surface area contributed by atoms with E-state index in [1.807, 2.05) is 0 Å².